The zero-order valence-electron chi connectivity index (χ0n) is 16.1. The maximum Gasteiger partial charge on any atom is 0.249 e. The van der Waals surface area contributed by atoms with Crippen molar-refractivity contribution in [3.05, 3.63) is 69.6 Å². The van der Waals surface area contributed by atoms with Gasteiger partial charge in [-0.2, -0.15) is 10.1 Å². The van der Waals surface area contributed by atoms with Crippen LogP contribution < -0.4 is 5.32 Å². The molecule has 10 heteroatoms. The van der Waals surface area contributed by atoms with Gasteiger partial charge in [-0.15, -0.1) is 5.10 Å². The maximum atomic E-state index is 12.6. The molecule has 0 radical (unpaired) electrons. The summed E-state index contributed by atoms with van der Waals surface area (Å²) in [6.07, 6.45) is 1.78. The van der Waals surface area contributed by atoms with E-state index in [4.69, 9.17) is 23.2 Å². The van der Waals surface area contributed by atoms with Gasteiger partial charge < -0.3 is 0 Å². The third kappa shape index (κ3) is 4.05. The van der Waals surface area contributed by atoms with Crippen molar-refractivity contribution < 1.29 is 4.79 Å². The lowest BCUT2D eigenvalue weighted by Gasteiger charge is -2.08. The van der Waals surface area contributed by atoms with Crippen molar-refractivity contribution in [1.82, 2.24) is 29.9 Å². The van der Waals surface area contributed by atoms with Crippen LogP contribution in [0.2, 0.25) is 10.0 Å². The lowest BCUT2D eigenvalue weighted by atomic mass is 10.1. The molecule has 0 fully saturated rings. The topological polar surface area (TPSA) is 101 Å². The molecule has 0 unspecified atom stereocenters. The van der Waals surface area contributed by atoms with E-state index in [0.29, 0.717) is 27.3 Å². The molecule has 4 rings (SSSR count). The van der Waals surface area contributed by atoms with Crippen LogP contribution in [0.3, 0.4) is 0 Å². The first-order chi connectivity index (χ1) is 14.4. The van der Waals surface area contributed by atoms with E-state index in [1.807, 2.05) is 26.0 Å². The van der Waals surface area contributed by atoms with E-state index >= 15 is 0 Å². The maximum absolute atomic E-state index is 12.6. The fraction of sp³-hybridized carbons (Fsp3) is 0.150. The van der Waals surface area contributed by atoms with Gasteiger partial charge >= 0.3 is 0 Å². The highest BCUT2D eigenvalue weighted by Crippen LogP contribution is 2.27. The molecule has 1 aromatic carbocycles. The molecule has 152 valence electrons. The summed E-state index contributed by atoms with van der Waals surface area (Å²) in [6, 6.07) is 10.7. The summed E-state index contributed by atoms with van der Waals surface area (Å²) in [6.45, 7) is 3.74. The van der Waals surface area contributed by atoms with Gasteiger partial charge in [0.25, 0.3) is 0 Å². The Kier molecular flexibility index (Phi) is 5.52. The normalized spacial score (nSPS) is 10.9. The van der Waals surface area contributed by atoms with Crippen LogP contribution in [-0.4, -0.2) is 35.9 Å². The Bertz CT molecular complexity index is 1220. The van der Waals surface area contributed by atoms with E-state index in [1.54, 1.807) is 35.1 Å². The van der Waals surface area contributed by atoms with Crippen molar-refractivity contribution in [2.24, 2.45) is 0 Å². The van der Waals surface area contributed by atoms with Gasteiger partial charge in [0.15, 0.2) is 5.82 Å². The SMILES string of the molecule is Cc1nn(-c2ccc(Cl)cc2Cl)c(C)c1CC(=O)Nc1n[nH]c(-c2ccccn2)n1. The van der Waals surface area contributed by atoms with Gasteiger partial charge in [0, 0.05) is 22.5 Å². The van der Waals surface area contributed by atoms with Gasteiger partial charge in [-0.1, -0.05) is 29.3 Å². The van der Waals surface area contributed by atoms with Crippen molar-refractivity contribution in [2.45, 2.75) is 20.3 Å². The predicted molar refractivity (Wildman–Crippen MR) is 115 cm³/mol. The van der Waals surface area contributed by atoms with Crippen LogP contribution in [0.1, 0.15) is 17.0 Å². The highest BCUT2D eigenvalue weighted by Gasteiger charge is 2.18. The second-order valence-electron chi connectivity index (χ2n) is 6.60. The number of hydrogen-bond acceptors (Lipinski definition) is 5. The van der Waals surface area contributed by atoms with E-state index in [9.17, 15) is 4.79 Å². The summed E-state index contributed by atoms with van der Waals surface area (Å²) in [5.74, 6) is 0.405. The summed E-state index contributed by atoms with van der Waals surface area (Å²) in [5, 5.41) is 15.1. The molecule has 8 nitrogen and oxygen atoms in total. The summed E-state index contributed by atoms with van der Waals surface area (Å²) in [5.41, 5.74) is 3.69. The fourth-order valence-corrected chi connectivity index (χ4v) is 3.57. The Morgan fingerprint density at radius 2 is 2.03 bits per heavy atom. The molecule has 0 saturated carbocycles. The molecular formula is C20H17Cl2N7O. The van der Waals surface area contributed by atoms with E-state index in [2.05, 4.69) is 30.6 Å². The molecule has 4 aromatic rings. The average Bonchev–Trinajstić information content (AvgIpc) is 3.29. The molecule has 1 amide bonds. The molecule has 0 bridgehead atoms. The monoisotopic (exact) mass is 441 g/mol. The molecule has 0 saturated heterocycles. The van der Waals surface area contributed by atoms with Gasteiger partial charge in [0.05, 0.1) is 22.8 Å². The smallest absolute Gasteiger partial charge is 0.249 e. The standard InChI is InChI=1S/C20H17Cl2N7O/c1-11-14(12(2)29(28-11)17-7-6-13(21)9-15(17)22)10-18(30)24-20-25-19(26-27-20)16-5-3-4-8-23-16/h3-9H,10H2,1-2H3,(H2,24,25,26,27,30). The van der Waals surface area contributed by atoms with E-state index < -0.39 is 0 Å². The van der Waals surface area contributed by atoms with Gasteiger partial charge in [0.2, 0.25) is 11.9 Å². The van der Waals surface area contributed by atoms with Gasteiger partial charge in [-0.05, 0) is 44.2 Å². The molecule has 0 aliphatic carbocycles. The highest BCUT2D eigenvalue weighted by atomic mass is 35.5. The number of amides is 1. The number of aromatic amines is 1. The molecule has 0 aliphatic rings. The van der Waals surface area contributed by atoms with Crippen LogP contribution in [-0.2, 0) is 11.2 Å². The molecule has 30 heavy (non-hydrogen) atoms. The summed E-state index contributed by atoms with van der Waals surface area (Å²) < 4.78 is 1.71. The Hall–Kier alpha value is -3.23. The molecule has 0 aliphatic heterocycles. The first-order valence-corrected chi connectivity index (χ1v) is 9.82. The molecule has 3 aromatic heterocycles. The van der Waals surface area contributed by atoms with Crippen LogP contribution >= 0.6 is 23.2 Å². The summed E-state index contributed by atoms with van der Waals surface area (Å²) in [7, 11) is 0. The number of nitrogens with one attached hydrogen (secondary N) is 2. The van der Waals surface area contributed by atoms with Gasteiger partial charge in [-0.25, -0.2) is 4.68 Å². The molecule has 0 spiro atoms. The number of pyridine rings is 1. The number of carbonyl (C=O) groups excluding carboxylic acids is 1. The fourth-order valence-electron chi connectivity index (χ4n) is 3.08. The number of hydrogen-bond donors (Lipinski definition) is 2. The van der Waals surface area contributed by atoms with Crippen molar-refractivity contribution in [3.63, 3.8) is 0 Å². The Labute approximate surface area is 182 Å². The molecule has 0 atom stereocenters. The predicted octanol–water partition coefficient (Wildman–Crippen LogP) is 4.16. The molecule has 2 N–H and O–H groups in total. The van der Waals surface area contributed by atoms with Crippen LogP contribution in [0.4, 0.5) is 5.95 Å². The van der Waals surface area contributed by atoms with Crippen molar-refractivity contribution >= 4 is 35.1 Å². The van der Waals surface area contributed by atoms with Gasteiger partial charge in [0.1, 0.15) is 5.69 Å². The first kappa shape index (κ1) is 20.1. The van der Waals surface area contributed by atoms with E-state index in [0.717, 1.165) is 17.0 Å². The number of H-pyrrole nitrogens is 1. The number of nitrogens with zero attached hydrogens (tertiary/aromatic N) is 5. The number of aromatic nitrogens is 6. The summed E-state index contributed by atoms with van der Waals surface area (Å²) >= 11 is 12.3. The largest absolute Gasteiger partial charge is 0.293 e. The zero-order chi connectivity index (χ0) is 21.3. The second kappa shape index (κ2) is 8.25. The van der Waals surface area contributed by atoms with Crippen LogP contribution in [0, 0.1) is 13.8 Å². The number of rotatable bonds is 5. The second-order valence-corrected chi connectivity index (χ2v) is 7.45. The lowest BCUT2D eigenvalue weighted by molar-refractivity contribution is -0.115. The van der Waals surface area contributed by atoms with Gasteiger partial charge in [-0.3, -0.25) is 20.2 Å². The minimum atomic E-state index is -0.255. The molecule has 3 heterocycles. The average molecular weight is 442 g/mol. The Balaban J connectivity index is 1.52. The van der Waals surface area contributed by atoms with Crippen molar-refractivity contribution in [1.29, 1.82) is 0 Å². The highest BCUT2D eigenvalue weighted by molar-refractivity contribution is 6.35. The molecular weight excluding hydrogens is 425 g/mol. The third-order valence-electron chi connectivity index (χ3n) is 4.56. The Morgan fingerprint density at radius 1 is 1.20 bits per heavy atom. The van der Waals surface area contributed by atoms with E-state index in [1.165, 1.54) is 0 Å². The zero-order valence-corrected chi connectivity index (χ0v) is 17.7. The number of benzene rings is 1. The number of halogens is 2. The van der Waals surface area contributed by atoms with Crippen molar-refractivity contribution in [3.8, 4) is 17.2 Å². The van der Waals surface area contributed by atoms with Crippen molar-refractivity contribution in [2.75, 3.05) is 5.32 Å². The minimum absolute atomic E-state index is 0.121. The first-order valence-electron chi connectivity index (χ1n) is 9.06. The summed E-state index contributed by atoms with van der Waals surface area (Å²) in [4.78, 5) is 21.1. The van der Waals surface area contributed by atoms with Crippen LogP contribution in [0.5, 0.6) is 0 Å². The minimum Gasteiger partial charge on any atom is -0.293 e. The van der Waals surface area contributed by atoms with Crippen LogP contribution in [0.25, 0.3) is 17.2 Å². The number of anilines is 1. The number of carbonyl (C=O) groups is 1. The van der Waals surface area contributed by atoms with Crippen LogP contribution in [0.15, 0.2) is 42.6 Å². The van der Waals surface area contributed by atoms with E-state index in [-0.39, 0.29) is 18.3 Å². The lowest BCUT2D eigenvalue weighted by Crippen LogP contribution is -2.16. The Morgan fingerprint density at radius 3 is 2.77 bits per heavy atom. The number of aryl methyl sites for hydroxylation is 1. The quantitative estimate of drug-likeness (QED) is 0.484. The third-order valence-corrected chi connectivity index (χ3v) is 5.10.